The highest BCUT2D eigenvalue weighted by Gasteiger charge is 2.19. The number of fused-ring (bicyclic) bond motifs is 7. The Labute approximate surface area is 300 Å². The van der Waals surface area contributed by atoms with Crippen LogP contribution in [0.25, 0.3) is 71.8 Å². The average molecular weight is 674 g/mol. The molecule has 250 valence electrons. The Morgan fingerprint density at radius 1 is 0.481 bits per heavy atom. The first kappa shape index (κ1) is 30.2. The van der Waals surface area contributed by atoms with Crippen molar-refractivity contribution in [2.75, 3.05) is 0 Å². The predicted molar refractivity (Wildman–Crippen MR) is 213 cm³/mol. The number of aromatic nitrogens is 5. The molecule has 0 bridgehead atoms. The molecule has 0 aliphatic heterocycles. The van der Waals surface area contributed by atoms with Crippen LogP contribution in [0, 0.1) is 0 Å². The normalized spacial score (nSPS) is 12.1. The molecule has 10 aromatic rings. The molecule has 0 atom stereocenters. The van der Waals surface area contributed by atoms with E-state index < -0.39 is 0 Å². The van der Waals surface area contributed by atoms with E-state index in [1.807, 2.05) is 24.7 Å². The Kier molecular flexibility index (Phi) is 6.64. The van der Waals surface area contributed by atoms with Crippen LogP contribution in [0.15, 0.2) is 158 Å². The van der Waals surface area contributed by atoms with Gasteiger partial charge in [0, 0.05) is 45.9 Å². The van der Waals surface area contributed by atoms with Crippen LogP contribution in [-0.4, -0.2) is 23.7 Å². The molecule has 0 spiro atoms. The van der Waals surface area contributed by atoms with Crippen LogP contribution >= 0.6 is 0 Å². The highest BCUT2D eigenvalue weighted by Crippen LogP contribution is 2.38. The molecule has 4 aromatic heterocycles. The lowest BCUT2D eigenvalue weighted by molar-refractivity contribution is 0.483. The molecule has 52 heavy (non-hydrogen) atoms. The van der Waals surface area contributed by atoms with Crippen LogP contribution in [-0.2, 0) is 5.41 Å². The maximum absolute atomic E-state index is 6.88. The van der Waals surface area contributed by atoms with E-state index in [1.165, 1.54) is 21.7 Å². The second-order valence-electron chi connectivity index (χ2n) is 14.4. The molecule has 0 saturated heterocycles. The average Bonchev–Trinajstić information content (AvgIpc) is 3.85. The van der Waals surface area contributed by atoms with Crippen LogP contribution < -0.4 is 4.74 Å². The van der Waals surface area contributed by atoms with Gasteiger partial charge in [0.05, 0.1) is 44.5 Å². The molecule has 10 rings (SSSR count). The van der Waals surface area contributed by atoms with E-state index in [9.17, 15) is 0 Å². The van der Waals surface area contributed by atoms with Gasteiger partial charge in [-0.1, -0.05) is 87.5 Å². The number of hydrogen-bond donors (Lipinski definition) is 0. The molecule has 6 nitrogen and oxygen atoms in total. The van der Waals surface area contributed by atoms with Crippen molar-refractivity contribution in [2.45, 2.75) is 26.2 Å². The Balaban J connectivity index is 1.17. The molecule has 0 aliphatic carbocycles. The van der Waals surface area contributed by atoms with E-state index >= 15 is 0 Å². The van der Waals surface area contributed by atoms with Gasteiger partial charge in [-0.2, -0.15) is 0 Å². The lowest BCUT2D eigenvalue weighted by atomic mass is 9.88. The largest absolute Gasteiger partial charge is 0.457 e. The van der Waals surface area contributed by atoms with Gasteiger partial charge in [-0.3, -0.25) is 9.13 Å². The predicted octanol–water partition coefficient (Wildman–Crippen LogP) is 11.7. The SMILES string of the molecule is CC(C)(C)c1ccnc(-n2c3ccccc3c3ccc(Oc4cc(-n5cnc6ccccc65)cc(-n5c6ccccc6c6ccccc65)c4)cc32)c1. The van der Waals surface area contributed by atoms with Crippen molar-refractivity contribution in [2.24, 2.45) is 0 Å². The molecule has 0 amide bonds. The third-order valence-electron chi connectivity index (χ3n) is 10.2. The summed E-state index contributed by atoms with van der Waals surface area (Å²) in [5.74, 6) is 2.35. The Hall–Kier alpha value is -6.66. The van der Waals surface area contributed by atoms with Gasteiger partial charge in [0.1, 0.15) is 23.6 Å². The summed E-state index contributed by atoms with van der Waals surface area (Å²) < 4.78 is 13.6. The zero-order chi connectivity index (χ0) is 35.0. The molecule has 0 radical (unpaired) electrons. The molecule has 0 saturated carbocycles. The minimum atomic E-state index is -0.00955. The summed E-state index contributed by atoms with van der Waals surface area (Å²) in [6.07, 6.45) is 3.81. The third-order valence-corrected chi connectivity index (χ3v) is 10.2. The van der Waals surface area contributed by atoms with Gasteiger partial charge in [-0.05, 0) is 71.6 Å². The first-order valence-electron chi connectivity index (χ1n) is 17.6. The second-order valence-corrected chi connectivity index (χ2v) is 14.4. The van der Waals surface area contributed by atoms with Crippen LogP contribution in [0.4, 0.5) is 0 Å². The molecule has 0 N–H and O–H groups in total. The number of para-hydroxylation sites is 5. The Morgan fingerprint density at radius 2 is 1.08 bits per heavy atom. The van der Waals surface area contributed by atoms with E-state index in [0.717, 1.165) is 67.2 Å². The summed E-state index contributed by atoms with van der Waals surface area (Å²) >= 11 is 0. The van der Waals surface area contributed by atoms with E-state index in [4.69, 9.17) is 14.7 Å². The number of benzene rings is 6. The van der Waals surface area contributed by atoms with E-state index in [1.54, 1.807) is 0 Å². The van der Waals surface area contributed by atoms with E-state index in [-0.39, 0.29) is 5.41 Å². The van der Waals surface area contributed by atoms with Crippen molar-refractivity contribution < 1.29 is 4.74 Å². The number of hydrogen-bond acceptors (Lipinski definition) is 3. The van der Waals surface area contributed by atoms with Crippen LogP contribution in [0.5, 0.6) is 11.5 Å². The molecule has 0 unspecified atom stereocenters. The van der Waals surface area contributed by atoms with Crippen molar-refractivity contribution in [1.82, 2.24) is 23.7 Å². The summed E-state index contributed by atoms with van der Waals surface area (Å²) in [6.45, 7) is 6.70. The topological polar surface area (TPSA) is 49.8 Å². The van der Waals surface area contributed by atoms with Crippen molar-refractivity contribution >= 4 is 54.6 Å². The first-order chi connectivity index (χ1) is 25.4. The number of imidazole rings is 1. The van der Waals surface area contributed by atoms with E-state index in [2.05, 4.69) is 168 Å². The fraction of sp³-hybridized carbons (Fsp3) is 0.0870. The summed E-state index contributed by atoms with van der Waals surface area (Å²) in [7, 11) is 0. The van der Waals surface area contributed by atoms with Crippen molar-refractivity contribution in [3.8, 4) is 28.7 Å². The summed E-state index contributed by atoms with van der Waals surface area (Å²) in [5.41, 5.74) is 9.58. The molecule has 4 heterocycles. The smallest absolute Gasteiger partial charge is 0.137 e. The lowest BCUT2D eigenvalue weighted by Crippen LogP contribution is -2.12. The van der Waals surface area contributed by atoms with Gasteiger partial charge >= 0.3 is 0 Å². The molecular weight excluding hydrogens is 639 g/mol. The molecule has 6 heteroatoms. The zero-order valence-corrected chi connectivity index (χ0v) is 29.2. The lowest BCUT2D eigenvalue weighted by Gasteiger charge is -2.20. The number of ether oxygens (including phenoxy) is 1. The van der Waals surface area contributed by atoms with Gasteiger partial charge in [-0.15, -0.1) is 0 Å². The number of rotatable bonds is 5. The fourth-order valence-corrected chi connectivity index (χ4v) is 7.66. The Morgan fingerprint density at radius 3 is 1.77 bits per heavy atom. The quantitative estimate of drug-likeness (QED) is 0.183. The van der Waals surface area contributed by atoms with Gasteiger partial charge < -0.3 is 9.30 Å². The standard InChI is InChI=1S/C46H35N5O/c1-46(2,3)30-22-23-47-45(24-30)51-42-18-10-6-14-37(42)38-21-20-33(28-44(38)51)52-34-26-31(49-29-48-39-15-7-11-19-43(39)49)25-32(27-34)50-40-16-8-4-12-35(40)36-13-5-9-17-41(36)50/h4-29H,1-3H3. The monoisotopic (exact) mass is 673 g/mol. The second kappa shape index (κ2) is 11.4. The van der Waals surface area contributed by atoms with Crippen LogP contribution in [0.2, 0.25) is 0 Å². The molecular formula is C46H35N5O. The summed E-state index contributed by atoms with van der Waals surface area (Å²) in [5, 5.41) is 4.74. The summed E-state index contributed by atoms with van der Waals surface area (Å²) in [4.78, 5) is 9.60. The maximum Gasteiger partial charge on any atom is 0.137 e. The zero-order valence-electron chi connectivity index (χ0n) is 29.2. The number of pyridine rings is 1. The van der Waals surface area contributed by atoms with Crippen molar-refractivity contribution in [3.05, 3.63) is 164 Å². The van der Waals surface area contributed by atoms with Crippen molar-refractivity contribution in [1.29, 1.82) is 0 Å². The van der Waals surface area contributed by atoms with Crippen molar-refractivity contribution in [3.63, 3.8) is 0 Å². The van der Waals surface area contributed by atoms with E-state index in [0.29, 0.717) is 0 Å². The highest BCUT2D eigenvalue weighted by atomic mass is 16.5. The molecule has 6 aromatic carbocycles. The van der Waals surface area contributed by atoms with Gasteiger partial charge in [0.25, 0.3) is 0 Å². The number of nitrogens with zero attached hydrogens (tertiary/aromatic N) is 5. The van der Waals surface area contributed by atoms with Gasteiger partial charge in [-0.25, -0.2) is 9.97 Å². The van der Waals surface area contributed by atoms with Crippen LogP contribution in [0.3, 0.4) is 0 Å². The summed E-state index contributed by atoms with van der Waals surface area (Å²) in [6, 6.07) is 51.0. The third kappa shape index (κ3) is 4.79. The molecule has 0 fully saturated rings. The van der Waals surface area contributed by atoms with Gasteiger partial charge in [0.15, 0.2) is 0 Å². The van der Waals surface area contributed by atoms with Crippen LogP contribution in [0.1, 0.15) is 26.3 Å². The minimum Gasteiger partial charge on any atom is -0.457 e. The fourth-order valence-electron chi connectivity index (χ4n) is 7.66. The Bertz CT molecular complexity index is 2940. The molecule has 0 aliphatic rings. The first-order valence-corrected chi connectivity index (χ1v) is 17.6. The minimum absolute atomic E-state index is 0.00955. The highest BCUT2D eigenvalue weighted by molar-refractivity contribution is 6.10. The van der Waals surface area contributed by atoms with Gasteiger partial charge in [0.2, 0.25) is 0 Å². The maximum atomic E-state index is 6.88.